The van der Waals surface area contributed by atoms with Gasteiger partial charge in [-0.25, -0.2) is 0 Å². The van der Waals surface area contributed by atoms with Gasteiger partial charge in [0, 0.05) is 41.9 Å². The van der Waals surface area contributed by atoms with E-state index in [1.165, 1.54) is 10.4 Å². The third-order valence-electron chi connectivity index (χ3n) is 8.38. The molecule has 7 rings (SSSR count). The molecule has 0 fully saturated rings. The summed E-state index contributed by atoms with van der Waals surface area (Å²) in [4.78, 5) is 25.2. The van der Waals surface area contributed by atoms with E-state index in [9.17, 15) is 9.59 Å². The number of nitrogens with one attached hydrogen (secondary N) is 2. The van der Waals surface area contributed by atoms with Crippen LogP contribution in [0.4, 0.5) is 5.69 Å². The average molecular weight is 600 g/mol. The van der Waals surface area contributed by atoms with Crippen molar-refractivity contribution in [1.82, 2.24) is 9.88 Å². The molecule has 2 N–H and O–H groups in total. The van der Waals surface area contributed by atoms with Gasteiger partial charge in [-0.2, -0.15) is 0 Å². The van der Waals surface area contributed by atoms with Gasteiger partial charge in [0.1, 0.15) is 5.75 Å². The second-order valence-corrected chi connectivity index (χ2v) is 16.5. The van der Waals surface area contributed by atoms with Crippen LogP contribution in [0.2, 0.25) is 5.04 Å². The Balaban J connectivity index is 0.000000167. The van der Waals surface area contributed by atoms with Crippen molar-refractivity contribution >= 4 is 58.2 Å². The molecule has 2 bridgehead atoms. The highest BCUT2D eigenvalue weighted by Crippen LogP contribution is 2.40. The fraction of sp³-hybridized carbons (Fsp3) is 0.189. The van der Waals surface area contributed by atoms with Crippen LogP contribution < -0.4 is 25.4 Å². The van der Waals surface area contributed by atoms with E-state index in [1.807, 2.05) is 73.3 Å². The zero-order chi connectivity index (χ0) is 31.1. The Morgan fingerprint density at radius 2 is 1.48 bits per heavy atom. The number of amides is 2. The largest absolute Gasteiger partial charge is 0.534 e. The number of hydrogen-bond acceptors (Lipinski definition) is 4. The van der Waals surface area contributed by atoms with Crippen molar-refractivity contribution in [3.8, 4) is 5.75 Å². The molecule has 5 aromatic rings. The lowest BCUT2D eigenvalue weighted by molar-refractivity contribution is -0.122. The van der Waals surface area contributed by atoms with Gasteiger partial charge in [0.25, 0.3) is 11.8 Å². The molecule has 6 nitrogen and oxygen atoms in total. The normalized spacial score (nSPS) is 17.3. The van der Waals surface area contributed by atoms with Crippen molar-refractivity contribution < 1.29 is 14.0 Å². The Morgan fingerprint density at radius 3 is 2.20 bits per heavy atom. The van der Waals surface area contributed by atoms with E-state index in [4.69, 9.17) is 4.43 Å². The first kappa shape index (κ1) is 29.2. The molecule has 0 radical (unpaired) electrons. The smallest absolute Gasteiger partial charge is 0.320 e. The monoisotopic (exact) mass is 599 g/mol. The number of carbonyl (C=O) groups excluding carboxylic acids is 2. The van der Waals surface area contributed by atoms with Crippen molar-refractivity contribution in [3.05, 3.63) is 120 Å². The molecule has 2 aliphatic rings. The number of nitrogens with zero attached hydrogens (tertiary/aromatic N) is 1. The van der Waals surface area contributed by atoms with E-state index in [0.29, 0.717) is 11.1 Å². The van der Waals surface area contributed by atoms with Crippen LogP contribution >= 0.6 is 0 Å². The fourth-order valence-corrected chi connectivity index (χ4v) is 10.9. The second-order valence-electron chi connectivity index (χ2n) is 12.2. The number of imide groups is 1. The van der Waals surface area contributed by atoms with Crippen LogP contribution in [0.25, 0.3) is 22.0 Å². The summed E-state index contributed by atoms with van der Waals surface area (Å²) in [5.74, 6) is 0.319. The first-order chi connectivity index (χ1) is 21.1. The average Bonchev–Trinajstić information content (AvgIpc) is 3.60. The summed E-state index contributed by atoms with van der Waals surface area (Å²) in [6, 6.07) is 34.8. The van der Waals surface area contributed by atoms with Gasteiger partial charge in [-0.3, -0.25) is 14.9 Å². The van der Waals surface area contributed by atoms with E-state index >= 15 is 0 Å². The Hall–Kier alpha value is -4.88. The quantitative estimate of drug-likeness (QED) is 0.189. The lowest BCUT2D eigenvalue weighted by atomic mass is 9.95. The van der Waals surface area contributed by atoms with Crippen LogP contribution in [0.1, 0.15) is 38.8 Å². The molecule has 4 aromatic carbocycles. The number of aryl methyl sites for hydroxylation is 1. The zero-order valence-electron chi connectivity index (χ0n) is 25.8. The molecule has 2 amide bonds. The van der Waals surface area contributed by atoms with E-state index < -0.39 is 8.32 Å². The molecule has 1 aromatic heterocycles. The fourth-order valence-electron chi connectivity index (χ4n) is 6.45. The second kappa shape index (κ2) is 11.3. The highest BCUT2D eigenvalue weighted by molar-refractivity contribution is 7.00. The first-order valence-electron chi connectivity index (χ1n) is 15.0. The van der Waals surface area contributed by atoms with Gasteiger partial charge < -0.3 is 14.3 Å². The van der Waals surface area contributed by atoms with Gasteiger partial charge in [-0.15, -0.1) is 0 Å². The van der Waals surface area contributed by atoms with Gasteiger partial charge in [-0.1, -0.05) is 93.6 Å². The Labute approximate surface area is 259 Å². The number of aromatic nitrogens is 1. The maximum atomic E-state index is 12.6. The number of hydrogen-bond donors (Lipinski definition) is 2. The van der Waals surface area contributed by atoms with Gasteiger partial charge in [0.05, 0.1) is 11.1 Å². The Kier molecular flexibility index (Phi) is 7.51. The third kappa shape index (κ3) is 4.93. The summed E-state index contributed by atoms with van der Waals surface area (Å²) in [6.07, 6.45) is 1.91. The van der Waals surface area contributed by atoms with E-state index in [-0.39, 0.29) is 16.9 Å². The highest BCUT2D eigenvalue weighted by Gasteiger charge is 2.54. The predicted octanol–water partition coefficient (Wildman–Crippen LogP) is 6.12. The molecule has 7 heteroatoms. The number of anilines is 1. The van der Waals surface area contributed by atoms with E-state index in [1.54, 1.807) is 0 Å². The van der Waals surface area contributed by atoms with Crippen LogP contribution in [0.15, 0.2) is 109 Å². The SMILES string of the molecule is CC(C)(C)[Si]1(c2ccccc2)Oc2cccc1c2.CCNc1cccc(C2=C(c3cn(C)c4ccccc34)C(=O)NC2=O)c1. The molecular formula is C37H37N3O3Si. The summed E-state index contributed by atoms with van der Waals surface area (Å²) in [6.45, 7) is 9.68. The van der Waals surface area contributed by atoms with Crippen molar-refractivity contribution in [1.29, 1.82) is 0 Å². The molecule has 0 aliphatic carbocycles. The van der Waals surface area contributed by atoms with Crippen molar-refractivity contribution in [2.45, 2.75) is 32.7 Å². The Morgan fingerprint density at radius 1 is 0.795 bits per heavy atom. The third-order valence-corrected chi connectivity index (χ3v) is 13.3. The summed E-state index contributed by atoms with van der Waals surface area (Å²) in [5, 5.41) is 9.53. The standard InChI is InChI=1S/C21H19N3O2.C16H18OSi/c1-3-22-14-8-6-7-13(11-14)18-19(21(26)23-20(18)25)16-12-24(2)17-10-5-4-9-15(16)17;1-16(2,3)18(14-9-5-4-6-10-14)15-11-7-8-13(12-15)17-18/h4-12,22H,3H2,1-2H3,(H,23,25,26);4-12H,1-3H3. The summed E-state index contributed by atoms with van der Waals surface area (Å²) < 4.78 is 8.44. The number of benzene rings is 4. The highest BCUT2D eigenvalue weighted by atomic mass is 28.4. The molecule has 0 saturated carbocycles. The lowest BCUT2D eigenvalue weighted by Gasteiger charge is -2.39. The minimum atomic E-state index is -2.13. The maximum absolute atomic E-state index is 12.6. The zero-order valence-corrected chi connectivity index (χ0v) is 26.8. The molecule has 2 aliphatic heterocycles. The predicted molar refractivity (Wildman–Crippen MR) is 182 cm³/mol. The minimum absolute atomic E-state index is 0.129. The molecule has 3 heterocycles. The molecule has 0 saturated heterocycles. The van der Waals surface area contributed by atoms with Crippen molar-refractivity contribution in [3.63, 3.8) is 0 Å². The molecule has 44 heavy (non-hydrogen) atoms. The van der Waals surface area contributed by atoms with Gasteiger partial charge in [0.15, 0.2) is 0 Å². The lowest BCUT2D eigenvalue weighted by Crippen LogP contribution is -2.66. The van der Waals surface area contributed by atoms with Gasteiger partial charge in [0.2, 0.25) is 0 Å². The molecule has 1 unspecified atom stereocenters. The van der Waals surface area contributed by atoms with Gasteiger partial charge >= 0.3 is 8.32 Å². The van der Waals surface area contributed by atoms with Gasteiger partial charge in [-0.05, 0) is 58.2 Å². The summed E-state index contributed by atoms with van der Waals surface area (Å²) in [5.41, 5.74) is 4.29. The van der Waals surface area contributed by atoms with Crippen molar-refractivity contribution in [2.75, 3.05) is 11.9 Å². The number of fused-ring (bicyclic) bond motifs is 3. The number of rotatable bonds is 5. The number of carbonyl (C=O) groups is 2. The van der Waals surface area contributed by atoms with Crippen LogP contribution in [-0.2, 0) is 16.6 Å². The van der Waals surface area contributed by atoms with Crippen LogP contribution in [-0.4, -0.2) is 31.2 Å². The summed E-state index contributed by atoms with van der Waals surface area (Å²) >= 11 is 0. The van der Waals surface area contributed by atoms with E-state index in [2.05, 4.69) is 86.0 Å². The van der Waals surface area contributed by atoms with E-state index in [0.717, 1.165) is 40.0 Å². The molecule has 222 valence electrons. The van der Waals surface area contributed by atoms with Crippen molar-refractivity contribution in [2.24, 2.45) is 7.05 Å². The molecule has 1 atom stereocenters. The number of para-hydroxylation sites is 1. The van der Waals surface area contributed by atoms with Crippen LogP contribution in [0.3, 0.4) is 0 Å². The molecular weight excluding hydrogens is 563 g/mol. The topological polar surface area (TPSA) is 72.4 Å². The molecule has 0 spiro atoms. The first-order valence-corrected chi connectivity index (χ1v) is 16.9. The summed E-state index contributed by atoms with van der Waals surface area (Å²) in [7, 11) is -0.197. The van der Waals surface area contributed by atoms with Crippen LogP contribution in [0, 0.1) is 0 Å². The minimum Gasteiger partial charge on any atom is -0.534 e. The maximum Gasteiger partial charge on any atom is 0.320 e. The Bertz CT molecular complexity index is 1920. The van der Waals surface area contributed by atoms with Crippen LogP contribution in [0.5, 0.6) is 5.75 Å².